The number of cyclic esters (lactones) is 1. The Morgan fingerprint density at radius 2 is 1.73 bits per heavy atom. The van der Waals surface area contributed by atoms with E-state index in [2.05, 4.69) is 10.6 Å². The van der Waals surface area contributed by atoms with Crippen LogP contribution in [0.5, 0.6) is 0 Å². The second kappa shape index (κ2) is 8.52. The van der Waals surface area contributed by atoms with Crippen molar-refractivity contribution in [2.24, 2.45) is 0 Å². The van der Waals surface area contributed by atoms with E-state index >= 15 is 0 Å². The van der Waals surface area contributed by atoms with Gasteiger partial charge in [0.25, 0.3) is 11.8 Å². The summed E-state index contributed by atoms with van der Waals surface area (Å²) in [5.41, 5.74) is 2.70. The first-order valence-corrected chi connectivity index (χ1v) is 9.36. The maximum absolute atomic E-state index is 12.4. The minimum atomic E-state index is -0.379. The summed E-state index contributed by atoms with van der Waals surface area (Å²) < 4.78 is 9.97. The van der Waals surface area contributed by atoms with E-state index in [0.29, 0.717) is 36.6 Å². The highest BCUT2D eigenvalue weighted by atomic mass is 16.6. The van der Waals surface area contributed by atoms with Crippen molar-refractivity contribution in [3.05, 3.63) is 83.8 Å². The van der Waals surface area contributed by atoms with Crippen molar-refractivity contribution in [2.75, 3.05) is 23.4 Å². The monoisotopic (exact) mass is 405 g/mol. The topological polar surface area (TPSA) is 101 Å². The van der Waals surface area contributed by atoms with Gasteiger partial charge in [-0.1, -0.05) is 12.1 Å². The fourth-order valence-electron chi connectivity index (χ4n) is 3.01. The lowest BCUT2D eigenvalue weighted by atomic mass is 10.1. The number of ether oxygens (including phenoxy) is 1. The molecule has 3 aromatic rings. The molecule has 1 aliphatic rings. The van der Waals surface area contributed by atoms with Gasteiger partial charge in [-0.05, 0) is 54.1 Å². The van der Waals surface area contributed by atoms with Crippen LogP contribution in [0.25, 0.3) is 0 Å². The van der Waals surface area contributed by atoms with Gasteiger partial charge in [-0.2, -0.15) is 0 Å². The SMILES string of the molecule is O=C(NCc1ccc(NC(=O)c2ccco2)cc1)c1ccc(N2CCOC2=O)cc1. The Morgan fingerprint density at radius 3 is 2.37 bits per heavy atom. The van der Waals surface area contributed by atoms with Crippen LogP contribution in [-0.4, -0.2) is 31.1 Å². The molecule has 0 saturated carbocycles. The van der Waals surface area contributed by atoms with E-state index < -0.39 is 0 Å². The first-order chi connectivity index (χ1) is 14.6. The molecule has 8 nitrogen and oxygen atoms in total. The standard InChI is InChI=1S/C22H19N3O5/c26-20(16-5-9-18(10-6-16)25-11-13-30-22(25)28)23-14-15-3-7-17(8-4-15)24-21(27)19-2-1-12-29-19/h1-10,12H,11,13-14H2,(H,23,26)(H,24,27). The zero-order chi connectivity index (χ0) is 20.9. The molecule has 3 amide bonds. The number of hydrogen-bond donors (Lipinski definition) is 2. The molecule has 2 aromatic carbocycles. The molecule has 30 heavy (non-hydrogen) atoms. The normalized spacial score (nSPS) is 13.1. The molecule has 152 valence electrons. The van der Waals surface area contributed by atoms with Crippen molar-refractivity contribution in [1.82, 2.24) is 5.32 Å². The molecule has 0 atom stereocenters. The molecule has 2 heterocycles. The number of nitrogens with one attached hydrogen (secondary N) is 2. The summed E-state index contributed by atoms with van der Waals surface area (Å²) in [6.45, 7) is 1.21. The maximum atomic E-state index is 12.4. The largest absolute Gasteiger partial charge is 0.459 e. The van der Waals surface area contributed by atoms with Gasteiger partial charge in [0.15, 0.2) is 5.76 Å². The van der Waals surface area contributed by atoms with Crippen molar-refractivity contribution in [3.63, 3.8) is 0 Å². The van der Waals surface area contributed by atoms with E-state index in [9.17, 15) is 14.4 Å². The van der Waals surface area contributed by atoms with Gasteiger partial charge in [0, 0.05) is 23.5 Å². The van der Waals surface area contributed by atoms with Crippen LogP contribution in [0.2, 0.25) is 0 Å². The molecule has 1 aromatic heterocycles. The van der Waals surface area contributed by atoms with Crippen LogP contribution in [0.3, 0.4) is 0 Å². The fourth-order valence-corrected chi connectivity index (χ4v) is 3.01. The third-order valence-electron chi connectivity index (χ3n) is 4.61. The molecule has 1 aliphatic heterocycles. The van der Waals surface area contributed by atoms with Crippen molar-refractivity contribution < 1.29 is 23.5 Å². The highest BCUT2D eigenvalue weighted by Crippen LogP contribution is 2.19. The number of furan rings is 1. The quantitative estimate of drug-likeness (QED) is 0.654. The Bertz CT molecular complexity index is 1040. The second-order valence-electron chi connectivity index (χ2n) is 6.62. The predicted octanol–water partition coefficient (Wildman–Crippen LogP) is 3.42. The lowest BCUT2D eigenvalue weighted by Gasteiger charge is -2.13. The first kappa shape index (κ1) is 19.3. The summed E-state index contributed by atoms with van der Waals surface area (Å²) in [5.74, 6) is -0.313. The van der Waals surface area contributed by atoms with Gasteiger partial charge in [0.1, 0.15) is 6.61 Å². The summed E-state index contributed by atoms with van der Waals surface area (Å²) in [5, 5.41) is 5.59. The maximum Gasteiger partial charge on any atom is 0.414 e. The van der Waals surface area contributed by atoms with Crippen LogP contribution in [0.1, 0.15) is 26.5 Å². The summed E-state index contributed by atoms with van der Waals surface area (Å²) in [6.07, 6.45) is 1.06. The molecule has 2 N–H and O–H groups in total. The van der Waals surface area contributed by atoms with Crippen molar-refractivity contribution in [1.29, 1.82) is 0 Å². The van der Waals surface area contributed by atoms with E-state index in [0.717, 1.165) is 5.56 Å². The number of hydrogen-bond acceptors (Lipinski definition) is 5. The molecular weight excluding hydrogens is 386 g/mol. The van der Waals surface area contributed by atoms with Crippen molar-refractivity contribution in [2.45, 2.75) is 6.54 Å². The van der Waals surface area contributed by atoms with E-state index in [1.165, 1.54) is 11.2 Å². The van der Waals surface area contributed by atoms with Gasteiger partial charge in [0.05, 0.1) is 12.8 Å². The van der Waals surface area contributed by atoms with E-state index in [4.69, 9.17) is 9.15 Å². The molecule has 0 radical (unpaired) electrons. The second-order valence-corrected chi connectivity index (χ2v) is 6.62. The van der Waals surface area contributed by atoms with Gasteiger partial charge in [-0.3, -0.25) is 14.5 Å². The number of amides is 3. The molecular formula is C22H19N3O5. The Balaban J connectivity index is 1.30. The lowest BCUT2D eigenvalue weighted by Crippen LogP contribution is -2.24. The average Bonchev–Trinajstić information content (AvgIpc) is 3.45. The Labute approximate surface area is 172 Å². The van der Waals surface area contributed by atoms with Gasteiger partial charge in [-0.15, -0.1) is 0 Å². The molecule has 0 aliphatic carbocycles. The fraction of sp³-hybridized carbons (Fsp3) is 0.136. The summed E-state index contributed by atoms with van der Waals surface area (Å²) >= 11 is 0. The Hall–Kier alpha value is -4.07. The molecule has 0 unspecified atom stereocenters. The third kappa shape index (κ3) is 4.33. The molecule has 1 fully saturated rings. The zero-order valence-electron chi connectivity index (χ0n) is 16.0. The highest BCUT2D eigenvalue weighted by molar-refractivity contribution is 6.02. The third-order valence-corrected chi connectivity index (χ3v) is 4.61. The Morgan fingerprint density at radius 1 is 0.967 bits per heavy atom. The minimum Gasteiger partial charge on any atom is -0.459 e. The van der Waals surface area contributed by atoms with E-state index in [1.807, 2.05) is 12.1 Å². The smallest absolute Gasteiger partial charge is 0.414 e. The highest BCUT2D eigenvalue weighted by Gasteiger charge is 2.23. The molecule has 8 heteroatoms. The number of benzene rings is 2. The molecule has 4 rings (SSSR count). The Kier molecular flexibility index (Phi) is 5.47. The number of anilines is 2. The van der Waals surface area contributed by atoms with Crippen molar-refractivity contribution >= 4 is 29.3 Å². The van der Waals surface area contributed by atoms with Crippen molar-refractivity contribution in [3.8, 4) is 0 Å². The van der Waals surface area contributed by atoms with Crippen LogP contribution in [0, 0.1) is 0 Å². The number of carbonyl (C=O) groups excluding carboxylic acids is 3. The summed E-state index contributed by atoms with van der Waals surface area (Å²) in [7, 11) is 0. The number of nitrogens with zero attached hydrogens (tertiary/aromatic N) is 1. The lowest BCUT2D eigenvalue weighted by molar-refractivity contribution is 0.0949. The van der Waals surface area contributed by atoms with Crippen LogP contribution in [0.15, 0.2) is 71.3 Å². The van der Waals surface area contributed by atoms with Crippen LogP contribution in [-0.2, 0) is 11.3 Å². The van der Waals surface area contributed by atoms with Crippen LogP contribution < -0.4 is 15.5 Å². The van der Waals surface area contributed by atoms with Gasteiger partial charge in [-0.25, -0.2) is 4.79 Å². The molecule has 0 bridgehead atoms. The van der Waals surface area contributed by atoms with Gasteiger partial charge >= 0.3 is 6.09 Å². The predicted molar refractivity (Wildman–Crippen MR) is 109 cm³/mol. The molecule has 1 saturated heterocycles. The van der Waals surface area contributed by atoms with Gasteiger partial charge in [0.2, 0.25) is 0 Å². The van der Waals surface area contributed by atoms with Crippen LogP contribution >= 0.6 is 0 Å². The first-order valence-electron chi connectivity index (χ1n) is 9.36. The number of rotatable bonds is 6. The number of carbonyl (C=O) groups is 3. The van der Waals surface area contributed by atoms with E-state index in [1.54, 1.807) is 48.5 Å². The molecule has 0 spiro atoms. The zero-order valence-corrected chi connectivity index (χ0v) is 16.0. The van der Waals surface area contributed by atoms with Gasteiger partial charge < -0.3 is 19.8 Å². The summed E-state index contributed by atoms with van der Waals surface area (Å²) in [6, 6.07) is 17.2. The minimum absolute atomic E-state index is 0.222. The van der Waals surface area contributed by atoms with Crippen LogP contribution in [0.4, 0.5) is 16.2 Å². The average molecular weight is 405 g/mol. The summed E-state index contributed by atoms with van der Waals surface area (Å²) in [4.78, 5) is 37.5. The van der Waals surface area contributed by atoms with E-state index in [-0.39, 0.29) is 23.7 Å².